The van der Waals surface area contributed by atoms with Crippen molar-refractivity contribution in [3.8, 4) is 0 Å². The zero-order valence-electron chi connectivity index (χ0n) is 28.5. The SMILES string of the molecule is Fc1ccc([Se](c2ccc(F)cc2)c2ccc(F)cc2)cc1.c1ccc2c([Se](c3cccc4ccccc34)c3cccc4ccccc34)cccc2c1. The molecule has 0 bridgehead atoms. The van der Waals surface area contributed by atoms with Crippen LogP contribution in [0, 0.1) is 17.5 Å². The molecule has 2 radical (unpaired) electrons. The first-order valence-corrected chi connectivity index (χ1v) is 22.4. The Morgan fingerprint density at radius 1 is 0.245 bits per heavy atom. The minimum absolute atomic E-state index is 0.299. The Kier molecular flexibility index (Phi) is 10.3. The Morgan fingerprint density at radius 2 is 0.509 bits per heavy atom. The Morgan fingerprint density at radius 3 is 0.811 bits per heavy atom. The van der Waals surface area contributed by atoms with Gasteiger partial charge in [-0.15, -0.1) is 0 Å². The van der Waals surface area contributed by atoms with E-state index >= 15 is 0 Å². The Labute approximate surface area is 316 Å². The van der Waals surface area contributed by atoms with Crippen LogP contribution >= 0.6 is 0 Å². The zero-order valence-corrected chi connectivity index (χ0v) is 31.9. The van der Waals surface area contributed by atoms with Crippen LogP contribution in [0.25, 0.3) is 32.3 Å². The summed E-state index contributed by atoms with van der Waals surface area (Å²) in [6, 6.07) is 65.9. The molecule has 0 spiro atoms. The van der Waals surface area contributed by atoms with E-state index in [9.17, 15) is 13.2 Å². The van der Waals surface area contributed by atoms with Crippen LogP contribution in [0.3, 0.4) is 0 Å². The quantitative estimate of drug-likeness (QED) is 0.148. The van der Waals surface area contributed by atoms with Crippen LogP contribution in [0.1, 0.15) is 0 Å². The molecule has 0 saturated heterocycles. The van der Waals surface area contributed by atoms with Crippen molar-refractivity contribution in [1.82, 2.24) is 0 Å². The molecule has 0 saturated carbocycles. The monoisotopic (exact) mass is 826 g/mol. The van der Waals surface area contributed by atoms with E-state index in [1.54, 1.807) is 36.4 Å². The first-order valence-electron chi connectivity index (χ1n) is 17.2. The summed E-state index contributed by atoms with van der Waals surface area (Å²) in [6.45, 7) is 0. The van der Waals surface area contributed by atoms with Gasteiger partial charge in [0.25, 0.3) is 0 Å². The van der Waals surface area contributed by atoms with Crippen LogP contribution in [0.15, 0.2) is 200 Å². The van der Waals surface area contributed by atoms with Gasteiger partial charge >= 0.3 is 318 Å². The molecule has 0 aliphatic heterocycles. The molecule has 0 fully saturated rings. The van der Waals surface area contributed by atoms with E-state index in [0.29, 0.717) is 0 Å². The summed E-state index contributed by atoms with van der Waals surface area (Å²) in [5, 5.41) is 8.06. The molecule has 0 aliphatic rings. The first kappa shape index (κ1) is 34.7. The second kappa shape index (κ2) is 15.7. The van der Waals surface area contributed by atoms with Crippen molar-refractivity contribution in [2.24, 2.45) is 0 Å². The molecule has 53 heavy (non-hydrogen) atoms. The van der Waals surface area contributed by atoms with Gasteiger partial charge in [-0.2, -0.15) is 0 Å². The molecule has 0 N–H and O–H groups in total. The average Bonchev–Trinajstić information content (AvgIpc) is 3.21. The Hall–Kier alpha value is -5.41. The number of hydrogen-bond donors (Lipinski definition) is 0. The topological polar surface area (TPSA) is 0 Å². The van der Waals surface area contributed by atoms with Crippen LogP contribution < -0.4 is 26.8 Å². The fourth-order valence-electron chi connectivity index (χ4n) is 6.60. The molecule has 0 atom stereocenters. The summed E-state index contributed by atoms with van der Waals surface area (Å²) >= 11 is -3.27. The van der Waals surface area contributed by atoms with E-state index in [1.165, 1.54) is 82.1 Å². The Balaban J connectivity index is 0.000000161. The van der Waals surface area contributed by atoms with Gasteiger partial charge in [-0.25, -0.2) is 0 Å². The van der Waals surface area contributed by atoms with E-state index < -0.39 is 27.8 Å². The van der Waals surface area contributed by atoms with Crippen molar-refractivity contribution in [3.05, 3.63) is 218 Å². The van der Waals surface area contributed by atoms with Gasteiger partial charge < -0.3 is 0 Å². The molecule has 9 aromatic carbocycles. The van der Waals surface area contributed by atoms with E-state index in [-0.39, 0.29) is 17.5 Å². The third-order valence-corrected chi connectivity index (χ3v) is 18.7. The van der Waals surface area contributed by atoms with Crippen LogP contribution in [-0.4, -0.2) is 27.8 Å². The van der Waals surface area contributed by atoms with E-state index in [0.717, 1.165) is 13.4 Å². The summed E-state index contributed by atoms with van der Waals surface area (Å²) in [7, 11) is 0. The third kappa shape index (κ3) is 7.44. The maximum atomic E-state index is 13.2. The van der Waals surface area contributed by atoms with Gasteiger partial charge in [0.05, 0.1) is 0 Å². The van der Waals surface area contributed by atoms with Crippen molar-refractivity contribution in [2.75, 3.05) is 0 Å². The van der Waals surface area contributed by atoms with Gasteiger partial charge in [-0.1, -0.05) is 0 Å². The average molecular weight is 825 g/mol. The fourth-order valence-corrected chi connectivity index (χ4v) is 16.3. The summed E-state index contributed by atoms with van der Waals surface area (Å²) in [5.74, 6) is -0.896. The molecular formula is C48H33F3Se2. The number of fused-ring (bicyclic) bond motifs is 3. The molecule has 0 heterocycles. The van der Waals surface area contributed by atoms with E-state index in [2.05, 4.69) is 127 Å². The number of benzene rings is 9. The number of hydrogen-bond acceptors (Lipinski definition) is 0. The molecule has 0 aliphatic carbocycles. The molecule has 9 aromatic rings. The second-order valence-corrected chi connectivity index (χ2v) is 20.7. The second-order valence-electron chi connectivity index (χ2n) is 12.4. The summed E-state index contributed by atoms with van der Waals surface area (Å²) in [5.41, 5.74) is 0. The van der Waals surface area contributed by atoms with E-state index in [4.69, 9.17) is 0 Å². The first-order chi connectivity index (χ1) is 26.0. The standard InChI is InChI=1S/C30H21Se.C18H12F3Se/c1-4-16-25-22(10-1)13-7-19-28(25)31(29-20-8-14-23-11-2-5-17-26(23)29)30-21-9-15-24-12-3-6-18-27(24)30;19-13-1-7-16(8-2-13)22(17-9-3-14(20)4-10-17)18-11-5-15(21)6-12-18/h1-21H;1-12H. The van der Waals surface area contributed by atoms with Gasteiger partial charge in [0, 0.05) is 0 Å². The molecule has 0 unspecified atom stereocenters. The third-order valence-electron chi connectivity index (χ3n) is 9.06. The fraction of sp³-hybridized carbons (Fsp3) is 0. The maximum absolute atomic E-state index is 13.2. The van der Waals surface area contributed by atoms with Crippen LogP contribution in [-0.2, 0) is 0 Å². The number of rotatable bonds is 6. The van der Waals surface area contributed by atoms with Crippen LogP contribution in [0.5, 0.6) is 0 Å². The summed E-state index contributed by atoms with van der Waals surface area (Å²) in [6.07, 6.45) is 0. The number of halogens is 3. The molecule has 9 rings (SSSR count). The Bertz CT molecular complexity index is 2340. The molecular weight excluding hydrogens is 791 g/mol. The summed E-state index contributed by atoms with van der Waals surface area (Å²) in [4.78, 5) is 0. The van der Waals surface area contributed by atoms with Crippen molar-refractivity contribution < 1.29 is 13.2 Å². The molecule has 258 valence electrons. The molecule has 0 aromatic heterocycles. The van der Waals surface area contributed by atoms with Crippen molar-refractivity contribution in [3.63, 3.8) is 0 Å². The van der Waals surface area contributed by atoms with Gasteiger partial charge in [0.15, 0.2) is 0 Å². The van der Waals surface area contributed by atoms with Crippen LogP contribution in [0.4, 0.5) is 13.2 Å². The molecule has 0 nitrogen and oxygen atoms in total. The predicted octanol–water partition coefficient (Wildman–Crippen LogP) is 8.28. The van der Waals surface area contributed by atoms with Crippen molar-refractivity contribution in [1.29, 1.82) is 0 Å². The molecule has 0 amide bonds. The van der Waals surface area contributed by atoms with Crippen molar-refractivity contribution >= 4 is 86.9 Å². The van der Waals surface area contributed by atoms with Gasteiger partial charge in [0.2, 0.25) is 0 Å². The predicted molar refractivity (Wildman–Crippen MR) is 220 cm³/mol. The normalized spacial score (nSPS) is 11.3. The molecule has 5 heteroatoms. The summed E-state index contributed by atoms with van der Waals surface area (Å²) < 4.78 is 46.9. The minimum atomic E-state index is -1.70. The van der Waals surface area contributed by atoms with Gasteiger partial charge in [0.1, 0.15) is 0 Å². The zero-order chi connectivity index (χ0) is 36.1. The van der Waals surface area contributed by atoms with Gasteiger partial charge in [-0.3, -0.25) is 0 Å². The van der Waals surface area contributed by atoms with Crippen LogP contribution in [0.2, 0.25) is 0 Å². The van der Waals surface area contributed by atoms with Crippen molar-refractivity contribution in [2.45, 2.75) is 0 Å². The van der Waals surface area contributed by atoms with E-state index in [1.807, 2.05) is 0 Å². The van der Waals surface area contributed by atoms with Gasteiger partial charge in [-0.05, 0) is 0 Å².